The van der Waals surface area contributed by atoms with E-state index in [0.717, 1.165) is 32.1 Å². The number of hydrogen-bond acceptors (Lipinski definition) is 4. The molecule has 1 aliphatic heterocycles. The van der Waals surface area contributed by atoms with Gasteiger partial charge in [0, 0.05) is 6.54 Å². The van der Waals surface area contributed by atoms with E-state index in [4.69, 9.17) is 4.74 Å². The van der Waals surface area contributed by atoms with E-state index in [9.17, 15) is 8.42 Å². The van der Waals surface area contributed by atoms with Crippen molar-refractivity contribution >= 4 is 15.5 Å². The number of nitrogens with one attached hydrogen (secondary N) is 1. The molecule has 0 saturated heterocycles. The molecule has 19 heavy (non-hydrogen) atoms. The number of sulfone groups is 1. The smallest absolute Gasteiger partial charge is 0.191 e. The summed E-state index contributed by atoms with van der Waals surface area (Å²) in [5.41, 5.74) is 0.676. The number of benzene rings is 1. The minimum absolute atomic E-state index is 0.352. The van der Waals surface area contributed by atoms with Gasteiger partial charge in [-0.2, -0.15) is 0 Å². The van der Waals surface area contributed by atoms with Crippen LogP contribution in [0.4, 0.5) is 5.69 Å². The summed E-state index contributed by atoms with van der Waals surface area (Å²) in [4.78, 5) is 0.352. The van der Waals surface area contributed by atoms with E-state index in [0.29, 0.717) is 22.9 Å². The highest BCUT2D eigenvalue weighted by molar-refractivity contribution is 7.93. The van der Waals surface area contributed by atoms with E-state index in [1.54, 1.807) is 6.07 Å². The number of anilines is 1. The predicted octanol–water partition coefficient (Wildman–Crippen LogP) is 2.60. The van der Waals surface area contributed by atoms with E-state index in [1.165, 1.54) is 7.11 Å². The topological polar surface area (TPSA) is 55.4 Å². The molecule has 1 fully saturated rings. The molecular weight excluding hydrogens is 262 g/mol. The summed E-state index contributed by atoms with van der Waals surface area (Å²) >= 11 is 0. The van der Waals surface area contributed by atoms with Crippen molar-refractivity contribution in [3.05, 3.63) is 18.2 Å². The molecule has 1 N–H and O–H groups in total. The first-order chi connectivity index (χ1) is 9.11. The lowest BCUT2D eigenvalue weighted by atomic mass is 9.88. The molecule has 1 aromatic carbocycles. The van der Waals surface area contributed by atoms with Crippen LogP contribution in [0.5, 0.6) is 5.75 Å². The van der Waals surface area contributed by atoms with Crippen molar-refractivity contribution in [3.8, 4) is 5.75 Å². The molecule has 1 spiro atoms. The summed E-state index contributed by atoms with van der Waals surface area (Å²) in [6.07, 6.45) is 4.62. The molecule has 4 nitrogen and oxygen atoms in total. The molecule has 0 aromatic heterocycles. The second kappa shape index (κ2) is 4.40. The fraction of sp³-hybridized carbons (Fsp3) is 0.571. The summed E-state index contributed by atoms with van der Waals surface area (Å²) in [6, 6.07) is 5.35. The lowest BCUT2D eigenvalue weighted by Crippen LogP contribution is -2.49. The Balaban J connectivity index is 2.18. The minimum atomic E-state index is -3.34. The molecule has 0 bridgehead atoms. The van der Waals surface area contributed by atoms with Crippen LogP contribution in [0.2, 0.25) is 0 Å². The molecule has 0 amide bonds. The molecular formula is C14H19NO3S. The van der Waals surface area contributed by atoms with Gasteiger partial charge in [-0.05, 0) is 25.0 Å². The summed E-state index contributed by atoms with van der Waals surface area (Å²) in [5.74, 6) is 0.453. The molecule has 0 unspecified atom stereocenters. The van der Waals surface area contributed by atoms with E-state index >= 15 is 0 Å². The fourth-order valence-corrected chi connectivity index (χ4v) is 5.67. The van der Waals surface area contributed by atoms with Crippen LogP contribution in [0.3, 0.4) is 0 Å². The van der Waals surface area contributed by atoms with Gasteiger partial charge < -0.3 is 10.1 Å². The second-order valence-corrected chi connectivity index (χ2v) is 7.72. The molecule has 1 saturated carbocycles. The van der Waals surface area contributed by atoms with E-state index in [2.05, 4.69) is 5.32 Å². The van der Waals surface area contributed by atoms with Gasteiger partial charge in [0.05, 0.1) is 17.5 Å². The van der Waals surface area contributed by atoms with Crippen LogP contribution < -0.4 is 10.1 Å². The Morgan fingerprint density at radius 3 is 2.63 bits per heavy atom. The van der Waals surface area contributed by atoms with Crippen LogP contribution in [0.25, 0.3) is 0 Å². The largest absolute Gasteiger partial charge is 0.495 e. The average Bonchev–Trinajstić information content (AvgIpc) is 2.44. The summed E-state index contributed by atoms with van der Waals surface area (Å²) in [5, 5.41) is 3.29. The predicted molar refractivity (Wildman–Crippen MR) is 74.5 cm³/mol. The Morgan fingerprint density at radius 1 is 1.21 bits per heavy atom. The number of hydrogen-bond donors (Lipinski definition) is 1. The standard InChI is InChI=1S/C14H19NO3S/c1-18-12-7-5-6-11-13(12)19(16,17)14(10-15-11)8-3-2-4-9-14/h5-7,15H,2-4,8-10H2,1H3. The molecule has 0 atom stereocenters. The van der Waals surface area contributed by atoms with Crippen molar-refractivity contribution < 1.29 is 13.2 Å². The molecule has 2 aliphatic rings. The molecule has 1 heterocycles. The van der Waals surface area contributed by atoms with Gasteiger partial charge in [-0.3, -0.25) is 0 Å². The van der Waals surface area contributed by atoms with Crippen LogP contribution in [-0.4, -0.2) is 26.8 Å². The lowest BCUT2D eigenvalue weighted by Gasteiger charge is -2.41. The third-order valence-corrected chi connectivity index (χ3v) is 7.05. The van der Waals surface area contributed by atoms with Crippen molar-refractivity contribution in [3.63, 3.8) is 0 Å². The monoisotopic (exact) mass is 281 g/mol. The normalized spacial score (nSPS) is 23.4. The van der Waals surface area contributed by atoms with Crippen LogP contribution in [0.1, 0.15) is 32.1 Å². The Hall–Kier alpha value is -1.23. The Labute approximate surface area is 114 Å². The van der Waals surface area contributed by atoms with Gasteiger partial charge in [-0.25, -0.2) is 8.42 Å². The Bertz CT molecular complexity index is 574. The van der Waals surface area contributed by atoms with Crippen LogP contribution in [-0.2, 0) is 9.84 Å². The van der Waals surface area contributed by atoms with Gasteiger partial charge in [-0.15, -0.1) is 0 Å². The molecule has 104 valence electrons. The number of fused-ring (bicyclic) bond motifs is 1. The highest BCUT2D eigenvalue weighted by Gasteiger charge is 2.49. The van der Waals surface area contributed by atoms with E-state index in [1.807, 2.05) is 12.1 Å². The highest BCUT2D eigenvalue weighted by atomic mass is 32.2. The van der Waals surface area contributed by atoms with Crippen molar-refractivity contribution in [1.82, 2.24) is 0 Å². The SMILES string of the molecule is COc1cccc2c1S(=O)(=O)C1(CCCCC1)CN2. The van der Waals surface area contributed by atoms with Gasteiger partial charge in [0.25, 0.3) is 0 Å². The van der Waals surface area contributed by atoms with E-state index < -0.39 is 14.6 Å². The fourth-order valence-electron chi connectivity index (χ4n) is 3.30. The summed E-state index contributed by atoms with van der Waals surface area (Å²) in [7, 11) is -1.81. The quantitative estimate of drug-likeness (QED) is 0.859. The van der Waals surface area contributed by atoms with Gasteiger partial charge in [0.2, 0.25) is 0 Å². The molecule has 3 rings (SSSR count). The third-order valence-electron chi connectivity index (χ3n) is 4.40. The van der Waals surface area contributed by atoms with Crippen molar-refractivity contribution in [2.45, 2.75) is 41.7 Å². The molecule has 1 aromatic rings. The maximum Gasteiger partial charge on any atom is 0.191 e. The third kappa shape index (κ3) is 1.75. The van der Waals surface area contributed by atoms with Crippen LogP contribution in [0, 0.1) is 0 Å². The number of rotatable bonds is 1. The zero-order valence-electron chi connectivity index (χ0n) is 11.1. The van der Waals surface area contributed by atoms with Crippen molar-refractivity contribution in [1.29, 1.82) is 0 Å². The maximum atomic E-state index is 13.0. The second-order valence-electron chi connectivity index (χ2n) is 5.44. The lowest BCUT2D eigenvalue weighted by molar-refractivity contribution is 0.372. The van der Waals surface area contributed by atoms with Crippen LogP contribution in [0.15, 0.2) is 23.1 Å². The summed E-state index contributed by atoms with van der Waals surface area (Å²) in [6.45, 7) is 0.523. The minimum Gasteiger partial charge on any atom is -0.495 e. The van der Waals surface area contributed by atoms with Crippen molar-refractivity contribution in [2.24, 2.45) is 0 Å². The van der Waals surface area contributed by atoms with Gasteiger partial charge in [-0.1, -0.05) is 25.3 Å². The van der Waals surface area contributed by atoms with Crippen molar-refractivity contribution in [2.75, 3.05) is 19.0 Å². The van der Waals surface area contributed by atoms with Crippen LogP contribution >= 0.6 is 0 Å². The summed E-state index contributed by atoms with van der Waals surface area (Å²) < 4.78 is 30.7. The molecule has 1 aliphatic carbocycles. The van der Waals surface area contributed by atoms with E-state index in [-0.39, 0.29) is 0 Å². The number of ether oxygens (including phenoxy) is 1. The first kappa shape index (κ1) is 12.8. The van der Waals surface area contributed by atoms with Gasteiger partial charge >= 0.3 is 0 Å². The first-order valence-corrected chi connectivity index (χ1v) is 8.25. The number of methoxy groups -OCH3 is 1. The molecule has 5 heteroatoms. The van der Waals surface area contributed by atoms with Gasteiger partial charge in [0.15, 0.2) is 9.84 Å². The Kier molecular flexibility index (Phi) is 2.96. The zero-order valence-corrected chi connectivity index (χ0v) is 11.9. The Morgan fingerprint density at radius 2 is 1.95 bits per heavy atom. The maximum absolute atomic E-state index is 13.0. The first-order valence-electron chi connectivity index (χ1n) is 6.76. The highest BCUT2D eigenvalue weighted by Crippen LogP contribution is 2.47. The van der Waals surface area contributed by atoms with Gasteiger partial charge in [0.1, 0.15) is 10.6 Å². The molecule has 0 radical (unpaired) electrons. The average molecular weight is 281 g/mol. The zero-order chi connectivity index (χ0) is 13.5.